The van der Waals surface area contributed by atoms with Gasteiger partial charge in [-0.3, -0.25) is 0 Å². The number of hydrogen-bond donors (Lipinski definition) is 2. The second-order valence-electron chi connectivity index (χ2n) is 6.04. The Morgan fingerprint density at radius 1 is 0.682 bits per heavy atom. The van der Waals surface area contributed by atoms with Gasteiger partial charge in [-0.1, -0.05) is 0 Å². The van der Waals surface area contributed by atoms with Gasteiger partial charge in [-0.15, -0.1) is 0 Å². The number of anilines is 2. The molecule has 3 rings (SSSR count). The van der Waals surface area contributed by atoms with Gasteiger partial charge in [0.05, 0.1) is 0 Å². The monoisotopic (exact) mass is 298 g/mol. The van der Waals surface area contributed by atoms with E-state index in [1.807, 2.05) is 24.3 Å². The number of aromatic hydroxyl groups is 2. The Labute approximate surface area is 131 Å². The molecule has 4 nitrogen and oxygen atoms in total. The lowest BCUT2D eigenvalue weighted by Gasteiger charge is -2.46. The molecule has 0 aliphatic carbocycles. The highest BCUT2D eigenvalue weighted by Gasteiger charge is 2.29. The molecule has 0 amide bonds. The number of phenols is 2. The molecule has 2 unspecified atom stereocenters. The molecule has 2 aromatic rings. The third-order valence-electron chi connectivity index (χ3n) is 4.35. The Morgan fingerprint density at radius 2 is 1.00 bits per heavy atom. The lowest BCUT2D eigenvalue weighted by molar-refractivity contribution is 0.469. The largest absolute Gasteiger partial charge is 0.508 e. The van der Waals surface area contributed by atoms with Crippen molar-refractivity contribution in [3.8, 4) is 11.5 Å². The summed E-state index contributed by atoms with van der Waals surface area (Å²) in [5, 5.41) is 18.9. The van der Waals surface area contributed by atoms with Crippen molar-refractivity contribution in [3.05, 3.63) is 48.5 Å². The zero-order chi connectivity index (χ0) is 15.7. The van der Waals surface area contributed by atoms with Crippen LogP contribution in [-0.2, 0) is 0 Å². The number of benzene rings is 2. The normalized spacial score (nSPS) is 21.9. The second-order valence-corrected chi connectivity index (χ2v) is 6.04. The van der Waals surface area contributed by atoms with Crippen molar-refractivity contribution >= 4 is 11.4 Å². The van der Waals surface area contributed by atoms with Crippen molar-refractivity contribution < 1.29 is 10.2 Å². The van der Waals surface area contributed by atoms with Crippen LogP contribution in [0.15, 0.2) is 48.5 Å². The summed E-state index contributed by atoms with van der Waals surface area (Å²) in [5.74, 6) is 0.597. The minimum Gasteiger partial charge on any atom is -0.508 e. The number of hydrogen-bond acceptors (Lipinski definition) is 4. The van der Waals surface area contributed by atoms with E-state index in [2.05, 4.69) is 23.6 Å². The molecule has 2 aromatic carbocycles. The SMILES string of the molecule is CC1CN(c2ccc(O)cc2)C(C)CN1c1ccc(O)cc1. The van der Waals surface area contributed by atoms with Crippen molar-refractivity contribution in [1.29, 1.82) is 0 Å². The van der Waals surface area contributed by atoms with Gasteiger partial charge in [0.15, 0.2) is 0 Å². The second kappa shape index (κ2) is 5.79. The van der Waals surface area contributed by atoms with E-state index in [1.165, 1.54) is 0 Å². The Morgan fingerprint density at radius 3 is 1.32 bits per heavy atom. The van der Waals surface area contributed by atoms with Crippen LogP contribution in [0.2, 0.25) is 0 Å². The Bertz CT molecular complexity index is 567. The predicted octanol–water partition coefficient (Wildman–Crippen LogP) is 3.20. The summed E-state index contributed by atoms with van der Waals surface area (Å²) in [4.78, 5) is 4.75. The molecule has 1 fully saturated rings. The third kappa shape index (κ3) is 2.82. The molecule has 2 N–H and O–H groups in total. The summed E-state index contributed by atoms with van der Waals surface area (Å²) < 4.78 is 0. The van der Waals surface area contributed by atoms with Crippen LogP contribution in [0.1, 0.15) is 13.8 Å². The molecule has 1 saturated heterocycles. The van der Waals surface area contributed by atoms with Crippen LogP contribution in [-0.4, -0.2) is 35.4 Å². The van der Waals surface area contributed by atoms with Crippen molar-refractivity contribution in [3.63, 3.8) is 0 Å². The van der Waals surface area contributed by atoms with Gasteiger partial charge in [-0.2, -0.15) is 0 Å². The van der Waals surface area contributed by atoms with E-state index < -0.39 is 0 Å². The number of piperazine rings is 1. The molecule has 0 spiro atoms. The molecule has 0 bridgehead atoms. The van der Waals surface area contributed by atoms with Gasteiger partial charge in [0, 0.05) is 36.5 Å². The van der Waals surface area contributed by atoms with Crippen LogP contribution in [0, 0.1) is 0 Å². The quantitative estimate of drug-likeness (QED) is 0.894. The van der Waals surface area contributed by atoms with Gasteiger partial charge in [-0.05, 0) is 62.4 Å². The minimum atomic E-state index is 0.298. The van der Waals surface area contributed by atoms with Crippen LogP contribution in [0.3, 0.4) is 0 Å². The number of nitrogens with zero attached hydrogens (tertiary/aromatic N) is 2. The van der Waals surface area contributed by atoms with E-state index in [1.54, 1.807) is 24.3 Å². The molecular formula is C18H22N2O2. The standard InChI is InChI=1S/C18H22N2O2/c1-13-11-20(16-5-9-18(22)10-6-16)14(2)12-19(13)15-3-7-17(21)8-4-15/h3-10,13-14,21-22H,11-12H2,1-2H3. The van der Waals surface area contributed by atoms with E-state index in [0.717, 1.165) is 24.5 Å². The van der Waals surface area contributed by atoms with E-state index in [-0.39, 0.29) is 0 Å². The third-order valence-corrected chi connectivity index (χ3v) is 4.35. The first-order valence-electron chi connectivity index (χ1n) is 7.66. The fourth-order valence-corrected chi connectivity index (χ4v) is 3.13. The molecule has 0 aromatic heterocycles. The molecule has 0 radical (unpaired) electrons. The summed E-state index contributed by atoms with van der Waals surface area (Å²) in [6.07, 6.45) is 0. The molecule has 0 saturated carbocycles. The van der Waals surface area contributed by atoms with Gasteiger partial charge < -0.3 is 20.0 Å². The highest BCUT2D eigenvalue weighted by molar-refractivity contribution is 5.55. The topological polar surface area (TPSA) is 46.9 Å². The van der Waals surface area contributed by atoms with Crippen molar-refractivity contribution in [2.45, 2.75) is 25.9 Å². The van der Waals surface area contributed by atoms with Crippen LogP contribution in [0.4, 0.5) is 11.4 Å². The average Bonchev–Trinajstić information content (AvgIpc) is 2.51. The molecule has 4 heteroatoms. The van der Waals surface area contributed by atoms with E-state index in [4.69, 9.17) is 0 Å². The molecule has 1 heterocycles. The summed E-state index contributed by atoms with van der Waals surface area (Å²) in [5.41, 5.74) is 2.28. The minimum absolute atomic E-state index is 0.298. The van der Waals surface area contributed by atoms with Gasteiger partial charge >= 0.3 is 0 Å². The predicted molar refractivity (Wildman–Crippen MR) is 89.8 cm³/mol. The van der Waals surface area contributed by atoms with Gasteiger partial charge in [-0.25, -0.2) is 0 Å². The number of phenolic OH excluding ortho intramolecular Hbond substituents is 2. The Balaban J connectivity index is 1.79. The Hall–Kier alpha value is -2.36. The summed E-state index contributed by atoms with van der Waals surface area (Å²) in [6, 6.07) is 15.5. The van der Waals surface area contributed by atoms with Crippen LogP contribution in [0.25, 0.3) is 0 Å². The first-order valence-corrected chi connectivity index (χ1v) is 7.66. The maximum absolute atomic E-state index is 9.44. The maximum atomic E-state index is 9.44. The van der Waals surface area contributed by atoms with Crippen molar-refractivity contribution in [2.24, 2.45) is 0 Å². The van der Waals surface area contributed by atoms with E-state index >= 15 is 0 Å². The van der Waals surface area contributed by atoms with Crippen LogP contribution >= 0.6 is 0 Å². The van der Waals surface area contributed by atoms with Crippen LogP contribution in [0.5, 0.6) is 11.5 Å². The number of rotatable bonds is 2. The fourth-order valence-electron chi connectivity index (χ4n) is 3.13. The van der Waals surface area contributed by atoms with Crippen LogP contribution < -0.4 is 9.80 Å². The maximum Gasteiger partial charge on any atom is 0.115 e. The van der Waals surface area contributed by atoms with Crippen molar-refractivity contribution in [2.75, 3.05) is 22.9 Å². The van der Waals surface area contributed by atoms with Gasteiger partial charge in [0.2, 0.25) is 0 Å². The van der Waals surface area contributed by atoms with Gasteiger partial charge in [0.1, 0.15) is 11.5 Å². The summed E-state index contributed by atoms with van der Waals surface area (Å²) in [7, 11) is 0. The van der Waals surface area contributed by atoms with E-state index in [0.29, 0.717) is 23.6 Å². The Kier molecular flexibility index (Phi) is 3.84. The first-order chi connectivity index (χ1) is 10.5. The highest BCUT2D eigenvalue weighted by atomic mass is 16.3. The lowest BCUT2D eigenvalue weighted by Crippen LogP contribution is -2.56. The van der Waals surface area contributed by atoms with Gasteiger partial charge in [0.25, 0.3) is 0 Å². The zero-order valence-corrected chi connectivity index (χ0v) is 13.0. The van der Waals surface area contributed by atoms with Crippen molar-refractivity contribution in [1.82, 2.24) is 0 Å². The highest BCUT2D eigenvalue weighted by Crippen LogP contribution is 2.29. The molecule has 1 aliphatic heterocycles. The molecule has 22 heavy (non-hydrogen) atoms. The average molecular weight is 298 g/mol. The lowest BCUT2D eigenvalue weighted by atomic mass is 10.1. The fraction of sp³-hybridized carbons (Fsp3) is 0.333. The molecule has 1 aliphatic rings. The molecular weight excluding hydrogens is 276 g/mol. The first kappa shape index (κ1) is 14.6. The zero-order valence-electron chi connectivity index (χ0n) is 13.0. The molecule has 116 valence electrons. The van der Waals surface area contributed by atoms with E-state index in [9.17, 15) is 10.2 Å². The smallest absolute Gasteiger partial charge is 0.115 e. The summed E-state index contributed by atoms with van der Waals surface area (Å²) >= 11 is 0. The molecule has 2 atom stereocenters. The summed E-state index contributed by atoms with van der Waals surface area (Å²) in [6.45, 7) is 6.28.